The van der Waals surface area contributed by atoms with Crippen LogP contribution in [0.5, 0.6) is 0 Å². The molecular formula is C9H9BrN2O. The molecular weight excluding hydrogens is 232 g/mol. The van der Waals surface area contributed by atoms with Gasteiger partial charge in [0.2, 0.25) is 5.91 Å². The molecule has 0 unspecified atom stereocenters. The van der Waals surface area contributed by atoms with Crippen LogP contribution in [0.3, 0.4) is 0 Å². The van der Waals surface area contributed by atoms with Crippen molar-refractivity contribution in [1.29, 1.82) is 0 Å². The Balaban J connectivity index is 2.62. The Kier molecular flexibility index (Phi) is 1.70. The normalized spacial score (nSPS) is 18.2. The number of carbonyl (C=O) groups is 1. The maximum atomic E-state index is 11.5. The van der Waals surface area contributed by atoms with Crippen molar-refractivity contribution < 1.29 is 4.79 Å². The molecule has 0 fully saturated rings. The van der Waals surface area contributed by atoms with Gasteiger partial charge in [-0.05, 0) is 35.8 Å². The lowest BCUT2D eigenvalue weighted by Gasteiger charge is -2.13. The maximum absolute atomic E-state index is 11.5. The summed E-state index contributed by atoms with van der Waals surface area (Å²) in [6, 6.07) is 3.77. The summed E-state index contributed by atoms with van der Waals surface area (Å²) in [7, 11) is 0. The fraction of sp³-hybridized carbons (Fsp3) is 0.333. The molecule has 0 radical (unpaired) electrons. The molecule has 1 aliphatic rings. The van der Waals surface area contributed by atoms with Crippen LogP contribution in [0, 0.1) is 0 Å². The quantitative estimate of drug-likeness (QED) is 0.706. The second-order valence-electron chi connectivity index (χ2n) is 3.61. The van der Waals surface area contributed by atoms with Gasteiger partial charge in [0, 0.05) is 5.56 Å². The third-order valence-corrected chi connectivity index (χ3v) is 2.78. The van der Waals surface area contributed by atoms with E-state index in [1.54, 1.807) is 0 Å². The Morgan fingerprint density at radius 1 is 1.46 bits per heavy atom. The molecule has 2 rings (SSSR count). The first-order valence-corrected chi connectivity index (χ1v) is 4.79. The van der Waals surface area contributed by atoms with Gasteiger partial charge >= 0.3 is 0 Å². The van der Waals surface area contributed by atoms with Crippen molar-refractivity contribution in [2.75, 3.05) is 5.32 Å². The summed E-state index contributed by atoms with van der Waals surface area (Å²) >= 11 is 3.26. The zero-order valence-electron chi connectivity index (χ0n) is 7.39. The number of hydrogen-bond acceptors (Lipinski definition) is 2. The topological polar surface area (TPSA) is 42.0 Å². The van der Waals surface area contributed by atoms with Crippen LogP contribution in [0.15, 0.2) is 16.7 Å². The van der Waals surface area contributed by atoms with Crippen LogP contribution >= 0.6 is 15.9 Å². The number of fused-ring (bicyclic) bond motifs is 1. The minimum Gasteiger partial charge on any atom is -0.310 e. The number of rotatable bonds is 0. The fourth-order valence-electron chi connectivity index (χ4n) is 1.42. The number of aromatic nitrogens is 1. The van der Waals surface area contributed by atoms with Gasteiger partial charge in [0.05, 0.1) is 5.41 Å². The van der Waals surface area contributed by atoms with Crippen molar-refractivity contribution in [3.05, 3.63) is 22.3 Å². The van der Waals surface area contributed by atoms with Crippen molar-refractivity contribution in [2.24, 2.45) is 0 Å². The van der Waals surface area contributed by atoms with Gasteiger partial charge in [-0.15, -0.1) is 0 Å². The molecule has 68 valence electrons. The maximum Gasteiger partial charge on any atom is 0.235 e. The van der Waals surface area contributed by atoms with E-state index in [9.17, 15) is 4.79 Å². The van der Waals surface area contributed by atoms with Gasteiger partial charge in [0.1, 0.15) is 10.4 Å². The summed E-state index contributed by atoms with van der Waals surface area (Å²) in [5, 5.41) is 2.75. The number of pyridine rings is 1. The highest BCUT2D eigenvalue weighted by Gasteiger charge is 2.39. The van der Waals surface area contributed by atoms with Crippen molar-refractivity contribution in [1.82, 2.24) is 4.98 Å². The lowest BCUT2D eigenvalue weighted by atomic mass is 9.87. The Morgan fingerprint density at radius 2 is 2.15 bits per heavy atom. The molecule has 0 atom stereocenters. The minimum absolute atomic E-state index is 0.00750. The fourth-order valence-corrected chi connectivity index (χ4v) is 1.73. The molecule has 1 N–H and O–H groups in total. The van der Waals surface area contributed by atoms with Gasteiger partial charge in [-0.3, -0.25) is 4.79 Å². The summed E-state index contributed by atoms with van der Waals surface area (Å²) in [6.45, 7) is 3.79. The molecule has 1 aromatic rings. The summed E-state index contributed by atoms with van der Waals surface area (Å²) in [5.74, 6) is 0.678. The molecule has 13 heavy (non-hydrogen) atoms. The first-order valence-electron chi connectivity index (χ1n) is 4.00. The molecule has 0 bridgehead atoms. The zero-order chi connectivity index (χ0) is 9.64. The van der Waals surface area contributed by atoms with Crippen LogP contribution in [0.2, 0.25) is 0 Å². The second-order valence-corrected chi connectivity index (χ2v) is 4.42. The average molecular weight is 241 g/mol. The van der Waals surface area contributed by atoms with E-state index in [4.69, 9.17) is 0 Å². The van der Waals surface area contributed by atoms with Crippen LogP contribution in [-0.4, -0.2) is 10.9 Å². The van der Waals surface area contributed by atoms with Gasteiger partial charge in [-0.1, -0.05) is 6.07 Å². The van der Waals surface area contributed by atoms with Gasteiger partial charge in [0.15, 0.2) is 0 Å². The number of halogens is 1. The van der Waals surface area contributed by atoms with Gasteiger partial charge in [-0.25, -0.2) is 4.98 Å². The number of anilines is 1. The van der Waals surface area contributed by atoms with Crippen molar-refractivity contribution >= 4 is 27.7 Å². The van der Waals surface area contributed by atoms with Crippen LogP contribution in [0.1, 0.15) is 19.4 Å². The van der Waals surface area contributed by atoms with E-state index in [0.29, 0.717) is 5.82 Å². The largest absolute Gasteiger partial charge is 0.310 e. The highest BCUT2D eigenvalue weighted by Crippen LogP contribution is 2.36. The number of carbonyl (C=O) groups excluding carboxylic acids is 1. The smallest absolute Gasteiger partial charge is 0.235 e. The van der Waals surface area contributed by atoms with E-state index in [1.165, 1.54) is 0 Å². The van der Waals surface area contributed by atoms with E-state index in [-0.39, 0.29) is 5.91 Å². The monoisotopic (exact) mass is 240 g/mol. The third-order valence-electron chi connectivity index (χ3n) is 2.33. The molecule has 2 heterocycles. The minimum atomic E-state index is -0.455. The molecule has 4 heteroatoms. The molecule has 0 spiro atoms. The molecule has 0 saturated heterocycles. The molecule has 0 saturated carbocycles. The van der Waals surface area contributed by atoms with Gasteiger partial charge in [0.25, 0.3) is 0 Å². The highest BCUT2D eigenvalue weighted by molar-refractivity contribution is 9.10. The number of nitrogens with zero attached hydrogens (tertiary/aromatic N) is 1. The van der Waals surface area contributed by atoms with E-state index in [2.05, 4.69) is 26.2 Å². The SMILES string of the molecule is CC1(C)C(=O)Nc2nc(Br)ccc21. The molecule has 0 aliphatic carbocycles. The molecule has 3 nitrogen and oxygen atoms in total. The van der Waals surface area contributed by atoms with Crippen LogP contribution < -0.4 is 5.32 Å². The molecule has 1 aliphatic heterocycles. The molecule has 1 amide bonds. The summed E-state index contributed by atoms with van der Waals surface area (Å²) in [5.41, 5.74) is 0.504. The summed E-state index contributed by atoms with van der Waals surface area (Å²) < 4.78 is 0.740. The number of amides is 1. The summed E-state index contributed by atoms with van der Waals surface area (Å²) in [6.07, 6.45) is 0. The lowest BCUT2D eigenvalue weighted by molar-refractivity contribution is -0.119. The van der Waals surface area contributed by atoms with E-state index in [0.717, 1.165) is 10.2 Å². The number of nitrogens with one attached hydrogen (secondary N) is 1. The Bertz CT molecular complexity index is 387. The van der Waals surface area contributed by atoms with Crippen molar-refractivity contribution in [2.45, 2.75) is 19.3 Å². The Hall–Kier alpha value is -0.900. The van der Waals surface area contributed by atoms with Crippen LogP contribution in [0.4, 0.5) is 5.82 Å². The van der Waals surface area contributed by atoms with E-state index >= 15 is 0 Å². The first-order chi connectivity index (χ1) is 6.01. The predicted octanol–water partition coefficient (Wildman–Crippen LogP) is 2.07. The van der Waals surface area contributed by atoms with Crippen molar-refractivity contribution in [3.63, 3.8) is 0 Å². The average Bonchev–Trinajstić information content (AvgIpc) is 2.23. The van der Waals surface area contributed by atoms with Gasteiger partial charge < -0.3 is 5.32 Å². The first kappa shape index (κ1) is 8.69. The van der Waals surface area contributed by atoms with E-state index < -0.39 is 5.41 Å². The molecule has 0 aromatic carbocycles. The second kappa shape index (κ2) is 2.54. The standard InChI is InChI=1S/C9H9BrN2O/c1-9(2)5-3-4-6(10)11-7(5)12-8(9)13/h3-4H,1-2H3,(H,11,12,13). The zero-order valence-corrected chi connectivity index (χ0v) is 8.97. The number of hydrogen-bond donors (Lipinski definition) is 1. The molecule has 1 aromatic heterocycles. The Morgan fingerprint density at radius 3 is 2.85 bits per heavy atom. The third kappa shape index (κ3) is 1.16. The lowest BCUT2D eigenvalue weighted by Crippen LogP contribution is -2.26. The predicted molar refractivity (Wildman–Crippen MR) is 53.6 cm³/mol. The highest BCUT2D eigenvalue weighted by atomic mass is 79.9. The van der Waals surface area contributed by atoms with Crippen LogP contribution in [0.25, 0.3) is 0 Å². The van der Waals surface area contributed by atoms with Gasteiger partial charge in [-0.2, -0.15) is 0 Å². The Labute approximate surface area is 84.7 Å². The van der Waals surface area contributed by atoms with Crippen molar-refractivity contribution in [3.8, 4) is 0 Å². The van der Waals surface area contributed by atoms with Crippen LogP contribution in [-0.2, 0) is 10.2 Å². The van der Waals surface area contributed by atoms with E-state index in [1.807, 2.05) is 26.0 Å². The summed E-state index contributed by atoms with van der Waals surface area (Å²) in [4.78, 5) is 15.7.